The molecule has 7 nitrogen and oxygen atoms in total. The van der Waals surface area contributed by atoms with E-state index in [1.165, 1.54) is 19.2 Å². The number of aliphatic hydroxyl groups is 1. The Morgan fingerprint density at radius 3 is 1.70 bits per heavy atom. The standard InChI is InChI=1S/C30H28N2O5/c1-21-9-7-8-12-27(21)32(28(33)22-10-5-4-6-11-22)31-29(34)30(35,23-13-17-25(36-2)18-14-23)24-15-19-26(37-3)20-16-24/h4-20,35H,1-3H3,(H,31,34). The number of carbonyl (C=O) groups excluding carboxylic acids is 2. The number of amides is 2. The summed E-state index contributed by atoms with van der Waals surface area (Å²) >= 11 is 0. The van der Waals surface area contributed by atoms with Crippen molar-refractivity contribution in [2.24, 2.45) is 0 Å². The van der Waals surface area contributed by atoms with Crippen LogP contribution in [-0.2, 0) is 10.4 Å². The summed E-state index contributed by atoms with van der Waals surface area (Å²) in [4.78, 5) is 27.6. The highest BCUT2D eigenvalue weighted by atomic mass is 16.5. The third kappa shape index (κ3) is 5.17. The number of ether oxygens (including phenoxy) is 2. The maximum Gasteiger partial charge on any atom is 0.280 e. The Hall–Kier alpha value is -4.62. The highest BCUT2D eigenvalue weighted by Crippen LogP contribution is 2.33. The molecule has 2 amide bonds. The Labute approximate surface area is 215 Å². The van der Waals surface area contributed by atoms with E-state index in [9.17, 15) is 14.7 Å². The molecule has 0 atom stereocenters. The van der Waals surface area contributed by atoms with E-state index in [1.807, 2.05) is 19.1 Å². The first kappa shape index (κ1) is 25.5. The molecule has 0 heterocycles. The van der Waals surface area contributed by atoms with Crippen molar-refractivity contribution >= 4 is 17.5 Å². The first-order valence-electron chi connectivity index (χ1n) is 11.7. The highest BCUT2D eigenvalue weighted by molar-refractivity contribution is 6.08. The highest BCUT2D eigenvalue weighted by Gasteiger charge is 2.42. The SMILES string of the molecule is COc1ccc(C(O)(C(=O)NN(C(=O)c2ccccc2)c2ccccc2C)c2ccc(OC)cc2)cc1. The van der Waals surface area contributed by atoms with Crippen LogP contribution in [0.15, 0.2) is 103 Å². The summed E-state index contributed by atoms with van der Waals surface area (Å²) < 4.78 is 10.5. The van der Waals surface area contributed by atoms with Crippen molar-refractivity contribution in [1.29, 1.82) is 0 Å². The van der Waals surface area contributed by atoms with Crippen molar-refractivity contribution in [1.82, 2.24) is 5.43 Å². The van der Waals surface area contributed by atoms with Gasteiger partial charge in [0.2, 0.25) is 0 Å². The minimum Gasteiger partial charge on any atom is -0.497 e. The normalized spacial score (nSPS) is 10.9. The Kier molecular flexibility index (Phi) is 7.55. The molecule has 4 rings (SSSR count). The average Bonchev–Trinajstić information content (AvgIpc) is 2.96. The Balaban J connectivity index is 1.81. The summed E-state index contributed by atoms with van der Waals surface area (Å²) in [7, 11) is 3.07. The zero-order valence-electron chi connectivity index (χ0n) is 20.8. The van der Waals surface area contributed by atoms with Gasteiger partial charge in [-0.3, -0.25) is 15.0 Å². The number of rotatable bonds is 7. The van der Waals surface area contributed by atoms with E-state index in [2.05, 4.69) is 5.43 Å². The summed E-state index contributed by atoms with van der Waals surface area (Å²) in [6.45, 7) is 1.84. The molecular formula is C30H28N2O5. The van der Waals surface area contributed by atoms with Crippen LogP contribution in [0.5, 0.6) is 11.5 Å². The van der Waals surface area contributed by atoms with Gasteiger partial charge in [0.25, 0.3) is 11.8 Å². The van der Waals surface area contributed by atoms with Crippen LogP contribution >= 0.6 is 0 Å². The van der Waals surface area contributed by atoms with E-state index < -0.39 is 17.4 Å². The van der Waals surface area contributed by atoms with Gasteiger partial charge in [-0.1, -0.05) is 60.7 Å². The molecule has 0 aliphatic heterocycles. The number of anilines is 1. The maximum absolute atomic E-state index is 14.0. The molecule has 0 aliphatic rings. The van der Waals surface area contributed by atoms with Gasteiger partial charge in [0.1, 0.15) is 11.5 Å². The van der Waals surface area contributed by atoms with Gasteiger partial charge in [-0.15, -0.1) is 0 Å². The van der Waals surface area contributed by atoms with Gasteiger partial charge in [-0.25, -0.2) is 5.01 Å². The van der Waals surface area contributed by atoms with Crippen molar-refractivity contribution < 1.29 is 24.2 Å². The minimum absolute atomic E-state index is 0.299. The van der Waals surface area contributed by atoms with Crippen molar-refractivity contribution in [3.63, 3.8) is 0 Å². The predicted octanol–water partition coefficient (Wildman–Crippen LogP) is 4.63. The van der Waals surface area contributed by atoms with Gasteiger partial charge < -0.3 is 14.6 Å². The molecule has 0 fully saturated rings. The number of methoxy groups -OCH3 is 2. The van der Waals surface area contributed by atoms with Crippen molar-refractivity contribution in [3.05, 3.63) is 125 Å². The van der Waals surface area contributed by atoms with E-state index in [4.69, 9.17) is 9.47 Å². The van der Waals surface area contributed by atoms with Crippen molar-refractivity contribution in [3.8, 4) is 11.5 Å². The first-order chi connectivity index (χ1) is 17.9. The summed E-state index contributed by atoms with van der Waals surface area (Å²) in [5.41, 5.74) is 2.78. The number of nitrogens with one attached hydrogen (secondary N) is 1. The van der Waals surface area contributed by atoms with Gasteiger partial charge >= 0.3 is 0 Å². The fraction of sp³-hybridized carbons (Fsp3) is 0.133. The predicted molar refractivity (Wildman–Crippen MR) is 142 cm³/mol. The van der Waals surface area contributed by atoms with Crippen LogP contribution in [0.4, 0.5) is 5.69 Å². The van der Waals surface area contributed by atoms with Crippen LogP contribution in [0.25, 0.3) is 0 Å². The monoisotopic (exact) mass is 496 g/mol. The lowest BCUT2D eigenvalue weighted by Gasteiger charge is -2.32. The van der Waals surface area contributed by atoms with Gasteiger partial charge in [0.15, 0.2) is 5.60 Å². The number of benzene rings is 4. The molecule has 0 spiro atoms. The van der Waals surface area contributed by atoms with Crippen LogP contribution in [-0.4, -0.2) is 31.1 Å². The second-order valence-electron chi connectivity index (χ2n) is 8.40. The van der Waals surface area contributed by atoms with E-state index >= 15 is 0 Å². The molecule has 0 bridgehead atoms. The fourth-order valence-corrected chi connectivity index (χ4v) is 4.02. The van der Waals surface area contributed by atoms with E-state index in [0.29, 0.717) is 33.9 Å². The second-order valence-corrected chi connectivity index (χ2v) is 8.40. The smallest absolute Gasteiger partial charge is 0.280 e. The first-order valence-corrected chi connectivity index (χ1v) is 11.7. The molecule has 0 aromatic heterocycles. The maximum atomic E-state index is 14.0. The molecule has 0 unspecified atom stereocenters. The number of nitrogens with zero attached hydrogens (tertiary/aromatic N) is 1. The van der Waals surface area contributed by atoms with Crippen LogP contribution < -0.4 is 19.9 Å². The molecule has 0 saturated carbocycles. The second kappa shape index (κ2) is 11.0. The lowest BCUT2D eigenvalue weighted by Crippen LogP contribution is -2.54. The third-order valence-electron chi connectivity index (χ3n) is 6.14. The Morgan fingerprint density at radius 1 is 0.730 bits per heavy atom. The molecule has 7 heteroatoms. The summed E-state index contributed by atoms with van der Waals surface area (Å²) in [5.74, 6) is -0.116. The number of hydrogen-bond acceptors (Lipinski definition) is 5. The Morgan fingerprint density at radius 2 is 1.22 bits per heavy atom. The number of hydrazine groups is 1. The largest absolute Gasteiger partial charge is 0.497 e. The topological polar surface area (TPSA) is 88.1 Å². The van der Waals surface area contributed by atoms with Crippen molar-refractivity contribution in [2.45, 2.75) is 12.5 Å². The number of carbonyl (C=O) groups is 2. The molecule has 4 aromatic carbocycles. The van der Waals surface area contributed by atoms with Gasteiger partial charge in [0, 0.05) is 5.56 Å². The van der Waals surface area contributed by atoms with Gasteiger partial charge in [-0.2, -0.15) is 0 Å². The zero-order valence-corrected chi connectivity index (χ0v) is 20.8. The molecule has 0 radical (unpaired) electrons. The van der Waals surface area contributed by atoms with Crippen LogP contribution in [0.3, 0.4) is 0 Å². The van der Waals surface area contributed by atoms with Crippen LogP contribution in [0.1, 0.15) is 27.0 Å². The Bertz CT molecular complexity index is 1320. The lowest BCUT2D eigenvalue weighted by molar-refractivity contribution is -0.136. The fourth-order valence-electron chi connectivity index (χ4n) is 4.02. The van der Waals surface area contributed by atoms with E-state index in [-0.39, 0.29) is 0 Å². The average molecular weight is 497 g/mol. The molecule has 4 aromatic rings. The summed E-state index contributed by atoms with van der Waals surface area (Å²) in [5, 5.41) is 13.2. The van der Waals surface area contributed by atoms with E-state index in [1.54, 1.807) is 91.0 Å². The van der Waals surface area contributed by atoms with Gasteiger partial charge in [0.05, 0.1) is 19.9 Å². The molecule has 2 N–H and O–H groups in total. The van der Waals surface area contributed by atoms with Gasteiger partial charge in [-0.05, 0) is 66.1 Å². The molecular weight excluding hydrogens is 468 g/mol. The van der Waals surface area contributed by atoms with Crippen LogP contribution in [0, 0.1) is 6.92 Å². The van der Waals surface area contributed by atoms with Crippen molar-refractivity contribution in [2.75, 3.05) is 19.2 Å². The summed E-state index contributed by atoms with van der Waals surface area (Å²) in [6, 6.07) is 28.9. The molecule has 0 aliphatic carbocycles. The van der Waals surface area contributed by atoms with Crippen LogP contribution in [0.2, 0.25) is 0 Å². The number of hydrogen-bond donors (Lipinski definition) is 2. The molecule has 37 heavy (non-hydrogen) atoms. The number of para-hydroxylation sites is 1. The lowest BCUT2D eigenvalue weighted by atomic mass is 9.85. The summed E-state index contributed by atoms with van der Waals surface area (Å²) in [6.07, 6.45) is 0. The van der Waals surface area contributed by atoms with E-state index in [0.717, 1.165) is 5.56 Å². The zero-order chi connectivity index (χ0) is 26.4. The minimum atomic E-state index is -2.14. The molecule has 0 saturated heterocycles. The molecule has 188 valence electrons. The quantitative estimate of drug-likeness (QED) is 0.365. The number of aryl methyl sites for hydroxylation is 1. The third-order valence-corrected chi connectivity index (χ3v) is 6.14.